The predicted molar refractivity (Wildman–Crippen MR) is 119 cm³/mol. The number of carbonyl (C=O) groups is 1. The molecule has 168 valence electrons. The normalized spacial score (nSPS) is 28.5. The van der Waals surface area contributed by atoms with E-state index in [1.54, 1.807) is 17.4 Å². The van der Waals surface area contributed by atoms with Crippen LogP contribution in [0.4, 0.5) is 13.9 Å². The average molecular weight is 457 g/mol. The SMILES string of the molecule is O=C(N(CCCn1ccnc1)c1nc2c(F)cc(F)cc2s1)C12CC3CC(CC(C3)C1)C2. The van der Waals surface area contributed by atoms with Gasteiger partial charge in [0, 0.05) is 31.5 Å². The summed E-state index contributed by atoms with van der Waals surface area (Å²) in [5.41, 5.74) is -0.171. The van der Waals surface area contributed by atoms with Gasteiger partial charge in [-0.2, -0.15) is 0 Å². The number of aryl methyl sites for hydroxylation is 1. The monoisotopic (exact) mass is 456 g/mol. The van der Waals surface area contributed by atoms with E-state index in [2.05, 4.69) is 9.97 Å². The van der Waals surface area contributed by atoms with E-state index >= 15 is 0 Å². The van der Waals surface area contributed by atoms with E-state index in [4.69, 9.17) is 0 Å². The number of carbonyl (C=O) groups excluding carboxylic acids is 1. The number of fused-ring (bicyclic) bond motifs is 1. The Bertz CT molecular complexity index is 1120. The van der Waals surface area contributed by atoms with E-state index in [1.807, 2.05) is 10.8 Å². The standard InChI is InChI=1S/C24H26F2N4OS/c25-18-9-19(26)21-20(10-18)32-23(28-21)30(4-1-3-29-5-2-27-14-29)22(31)24-11-15-6-16(12-24)8-17(7-15)13-24/h2,5,9-10,14-17H,1,3-4,6-8,11-13H2. The fourth-order valence-corrected chi connectivity index (χ4v) is 7.86. The molecule has 4 fully saturated rings. The van der Waals surface area contributed by atoms with Gasteiger partial charge in [0.2, 0.25) is 5.91 Å². The molecule has 0 unspecified atom stereocenters. The number of imidazole rings is 1. The molecular formula is C24H26F2N4OS. The first-order chi connectivity index (χ1) is 15.5. The molecule has 0 N–H and O–H groups in total. The molecule has 1 amide bonds. The Morgan fingerprint density at radius 3 is 2.53 bits per heavy atom. The van der Waals surface area contributed by atoms with Gasteiger partial charge in [-0.05, 0) is 68.8 Å². The molecule has 4 bridgehead atoms. The number of hydrogen-bond acceptors (Lipinski definition) is 4. The van der Waals surface area contributed by atoms with Crippen molar-refractivity contribution in [2.24, 2.45) is 23.2 Å². The van der Waals surface area contributed by atoms with Gasteiger partial charge in [0.15, 0.2) is 10.9 Å². The van der Waals surface area contributed by atoms with E-state index in [9.17, 15) is 13.6 Å². The first-order valence-corrected chi connectivity index (χ1v) is 12.3. The van der Waals surface area contributed by atoms with Crippen molar-refractivity contribution in [2.45, 2.75) is 51.5 Å². The molecule has 8 heteroatoms. The summed E-state index contributed by atoms with van der Waals surface area (Å²) in [6.07, 6.45) is 12.8. The van der Waals surface area contributed by atoms with Crippen LogP contribution in [0.5, 0.6) is 0 Å². The maximum absolute atomic E-state index is 14.4. The lowest BCUT2D eigenvalue weighted by atomic mass is 9.49. The van der Waals surface area contributed by atoms with E-state index in [1.165, 1.54) is 36.7 Å². The van der Waals surface area contributed by atoms with Crippen molar-refractivity contribution in [3.63, 3.8) is 0 Å². The molecule has 5 nitrogen and oxygen atoms in total. The van der Waals surface area contributed by atoms with Crippen molar-refractivity contribution in [1.29, 1.82) is 0 Å². The van der Waals surface area contributed by atoms with Crippen molar-refractivity contribution < 1.29 is 13.6 Å². The zero-order valence-electron chi connectivity index (χ0n) is 17.8. The topological polar surface area (TPSA) is 51.0 Å². The van der Waals surface area contributed by atoms with Gasteiger partial charge in [-0.15, -0.1) is 0 Å². The Morgan fingerprint density at radius 2 is 1.88 bits per heavy atom. The van der Waals surface area contributed by atoms with Crippen molar-refractivity contribution in [1.82, 2.24) is 14.5 Å². The molecule has 0 saturated heterocycles. The first-order valence-electron chi connectivity index (χ1n) is 11.5. The van der Waals surface area contributed by atoms with Crippen LogP contribution in [0.3, 0.4) is 0 Å². The molecule has 2 aromatic heterocycles. The lowest BCUT2D eigenvalue weighted by Gasteiger charge is -2.56. The number of halogens is 2. The third kappa shape index (κ3) is 3.43. The van der Waals surface area contributed by atoms with Crippen LogP contribution < -0.4 is 4.90 Å². The Labute approximate surface area is 189 Å². The third-order valence-corrected chi connectivity index (χ3v) is 8.75. The highest BCUT2D eigenvalue weighted by atomic mass is 32.1. The first kappa shape index (κ1) is 20.3. The van der Waals surface area contributed by atoms with E-state index < -0.39 is 11.6 Å². The molecule has 2 heterocycles. The Hall–Kier alpha value is -2.35. The molecular weight excluding hydrogens is 430 g/mol. The number of hydrogen-bond donors (Lipinski definition) is 0. The van der Waals surface area contributed by atoms with E-state index in [-0.39, 0.29) is 16.8 Å². The van der Waals surface area contributed by atoms with Crippen LogP contribution in [0, 0.1) is 34.8 Å². The summed E-state index contributed by atoms with van der Waals surface area (Å²) in [6.45, 7) is 1.24. The molecule has 4 aliphatic carbocycles. The number of amides is 1. The zero-order valence-corrected chi connectivity index (χ0v) is 18.7. The largest absolute Gasteiger partial charge is 0.337 e. The lowest BCUT2D eigenvalue weighted by molar-refractivity contribution is -0.143. The quantitative estimate of drug-likeness (QED) is 0.498. The van der Waals surface area contributed by atoms with Gasteiger partial charge in [0.1, 0.15) is 11.3 Å². The highest BCUT2D eigenvalue weighted by molar-refractivity contribution is 7.22. The van der Waals surface area contributed by atoms with Crippen molar-refractivity contribution in [3.05, 3.63) is 42.5 Å². The van der Waals surface area contributed by atoms with Crippen molar-refractivity contribution in [3.8, 4) is 0 Å². The van der Waals surface area contributed by atoms with Gasteiger partial charge in [-0.1, -0.05) is 11.3 Å². The third-order valence-electron chi connectivity index (χ3n) is 7.73. The van der Waals surface area contributed by atoms with Crippen molar-refractivity contribution in [2.75, 3.05) is 11.4 Å². The fraction of sp³-hybridized carbons (Fsp3) is 0.542. The summed E-state index contributed by atoms with van der Waals surface area (Å²) in [4.78, 5) is 24.5. The van der Waals surface area contributed by atoms with Crippen molar-refractivity contribution >= 4 is 32.6 Å². The Balaban J connectivity index is 1.33. The number of aromatic nitrogens is 3. The van der Waals surface area contributed by atoms with Crippen LogP contribution in [0.1, 0.15) is 44.9 Å². The van der Waals surface area contributed by atoms with Crippen LogP contribution >= 0.6 is 11.3 Å². The van der Waals surface area contributed by atoms with Gasteiger partial charge < -0.3 is 4.57 Å². The molecule has 0 spiro atoms. The van der Waals surface area contributed by atoms with E-state index in [0.717, 1.165) is 38.3 Å². The summed E-state index contributed by atoms with van der Waals surface area (Å²) >= 11 is 1.21. The van der Waals surface area contributed by atoms with Crippen LogP contribution in [-0.4, -0.2) is 27.0 Å². The van der Waals surface area contributed by atoms with Gasteiger partial charge >= 0.3 is 0 Å². The minimum Gasteiger partial charge on any atom is -0.337 e. The number of benzene rings is 1. The lowest BCUT2D eigenvalue weighted by Crippen LogP contribution is -2.55. The minimum atomic E-state index is -0.678. The smallest absolute Gasteiger partial charge is 0.235 e. The van der Waals surface area contributed by atoms with Gasteiger partial charge in [-0.25, -0.2) is 18.7 Å². The highest BCUT2D eigenvalue weighted by Gasteiger charge is 2.56. The molecule has 4 saturated carbocycles. The molecule has 0 radical (unpaired) electrons. The van der Waals surface area contributed by atoms with Gasteiger partial charge in [-0.3, -0.25) is 9.69 Å². The average Bonchev–Trinajstić information content (AvgIpc) is 3.39. The fourth-order valence-electron chi connectivity index (χ4n) is 6.83. The Morgan fingerprint density at radius 1 is 1.16 bits per heavy atom. The number of anilines is 1. The number of thiazole rings is 1. The van der Waals surface area contributed by atoms with Crippen LogP contribution in [0.2, 0.25) is 0 Å². The number of rotatable bonds is 6. The second-order valence-corrected chi connectivity index (χ2v) is 11.0. The Kier molecular flexibility index (Phi) is 4.82. The van der Waals surface area contributed by atoms with E-state index in [0.29, 0.717) is 34.1 Å². The van der Waals surface area contributed by atoms with Crippen LogP contribution in [-0.2, 0) is 11.3 Å². The summed E-state index contributed by atoms with van der Waals surface area (Å²) < 4.78 is 30.6. The molecule has 1 aromatic carbocycles. The maximum atomic E-state index is 14.4. The maximum Gasteiger partial charge on any atom is 0.235 e. The van der Waals surface area contributed by atoms with Gasteiger partial charge in [0.25, 0.3) is 0 Å². The molecule has 7 rings (SSSR count). The second-order valence-electron chi connectivity index (χ2n) is 10.0. The molecule has 4 aliphatic rings. The van der Waals surface area contributed by atoms with Crippen LogP contribution in [0.15, 0.2) is 30.9 Å². The summed E-state index contributed by atoms with van der Waals surface area (Å²) in [5.74, 6) is 0.800. The molecule has 3 aromatic rings. The summed E-state index contributed by atoms with van der Waals surface area (Å²) in [5, 5.41) is 0.482. The minimum absolute atomic E-state index is 0.141. The summed E-state index contributed by atoms with van der Waals surface area (Å²) in [7, 11) is 0. The molecule has 0 atom stereocenters. The van der Waals surface area contributed by atoms with Crippen LogP contribution in [0.25, 0.3) is 10.2 Å². The van der Waals surface area contributed by atoms with Gasteiger partial charge in [0.05, 0.1) is 16.4 Å². The second kappa shape index (κ2) is 7.61. The summed E-state index contributed by atoms with van der Waals surface area (Å²) in [6, 6.07) is 2.16. The molecule has 32 heavy (non-hydrogen) atoms. The number of nitrogens with zero attached hydrogens (tertiary/aromatic N) is 4. The zero-order chi connectivity index (χ0) is 21.9. The highest BCUT2D eigenvalue weighted by Crippen LogP contribution is 2.60. The predicted octanol–water partition coefficient (Wildman–Crippen LogP) is 5.41. The molecule has 0 aliphatic heterocycles.